The third-order valence-corrected chi connectivity index (χ3v) is 11.9. The molecule has 25 nitrogen and oxygen atoms in total. The number of esters is 2. The van der Waals surface area contributed by atoms with E-state index < -0.39 is 59.6 Å². The second-order valence-electron chi connectivity index (χ2n) is 22.5. The van der Waals surface area contributed by atoms with E-state index in [-0.39, 0.29) is 91.2 Å². The minimum absolute atomic E-state index is 0. The van der Waals surface area contributed by atoms with Crippen molar-refractivity contribution in [2.24, 2.45) is 34.6 Å². The number of nitrogens with two attached hydrogens (primary N) is 5. The summed E-state index contributed by atoms with van der Waals surface area (Å²) in [5, 5.41) is 47.2. The van der Waals surface area contributed by atoms with Crippen LogP contribution in [0.25, 0.3) is 5.57 Å². The van der Waals surface area contributed by atoms with Crippen LogP contribution in [0.3, 0.4) is 0 Å². The first-order valence-corrected chi connectivity index (χ1v) is 28.5. The smallest absolute Gasteiger partial charge is 0.410 e. The van der Waals surface area contributed by atoms with Crippen molar-refractivity contribution < 1.29 is 82.8 Å². The topological polar surface area (TPSA) is 432 Å². The van der Waals surface area contributed by atoms with Crippen LogP contribution in [0.2, 0.25) is 0 Å². The van der Waals surface area contributed by atoms with Crippen molar-refractivity contribution in [2.45, 2.75) is 200 Å². The van der Waals surface area contributed by atoms with Gasteiger partial charge in [0.15, 0.2) is 0 Å². The van der Waals surface area contributed by atoms with Gasteiger partial charge in [0.2, 0.25) is 5.91 Å². The molecule has 0 saturated carbocycles. The minimum atomic E-state index is -0.634. The van der Waals surface area contributed by atoms with Gasteiger partial charge in [0, 0.05) is 31.5 Å². The lowest BCUT2D eigenvalue weighted by Crippen LogP contribution is -2.41. The number of fused-ring (bicyclic) bond motifs is 1. The number of amides is 3. The molecule has 0 radical (unpaired) electrons. The Kier molecular flexibility index (Phi) is 45.5. The summed E-state index contributed by atoms with van der Waals surface area (Å²) in [6, 6.07) is 15.4. The van der Waals surface area contributed by atoms with E-state index in [0.29, 0.717) is 39.0 Å². The molecule has 1 aliphatic carbocycles. The van der Waals surface area contributed by atoms with Gasteiger partial charge in [-0.15, -0.1) is 17.0 Å². The molecule has 492 valence electrons. The molecule has 0 bridgehead atoms. The number of hydrogen-bond acceptors (Lipinski definition) is 22. The Balaban J connectivity index is -0.000000942. The van der Waals surface area contributed by atoms with Crippen molar-refractivity contribution in [3.8, 4) is 0 Å². The monoisotopic (exact) mass is 1290 g/mol. The zero-order chi connectivity index (χ0) is 65.5. The van der Waals surface area contributed by atoms with Crippen LogP contribution in [0, 0.1) is 5.92 Å². The van der Waals surface area contributed by atoms with Gasteiger partial charge >= 0.3 is 24.1 Å². The Labute approximate surface area is 518 Å². The van der Waals surface area contributed by atoms with Gasteiger partial charge in [-0.2, -0.15) is 0 Å². The van der Waals surface area contributed by atoms with E-state index in [1.165, 1.54) is 28.5 Å². The second kappa shape index (κ2) is 46.4. The molecular formula is C60H103BrN8O17. The molecule has 3 heterocycles. The van der Waals surface area contributed by atoms with Crippen LogP contribution in [0.15, 0.2) is 60.7 Å². The number of nitrogens with one attached hydrogen (secondary N) is 2. The van der Waals surface area contributed by atoms with Crippen LogP contribution in [-0.4, -0.2) is 184 Å². The SMILES string of the molecule is Br.CC(=O)CC(=O)N[C@H]1CCOC1=O.CC(C)(C)OC(=O)N1CCC[C@@H]1C=O.CC(C)(C)OC(=O)N[C@@H](C=O)Cc1ccccc1.CC[C@H](C)[C@H](N)O.C[C@@H](O)[C@H](N)CO.C[C@H](N)CO.NC1CCOC1=O.N[C@H](CO)CC1=CCc2ccccc21. The minimum Gasteiger partial charge on any atom is -0.464 e. The van der Waals surface area contributed by atoms with Crippen molar-refractivity contribution in [3.05, 3.63) is 77.4 Å². The Morgan fingerprint density at radius 2 is 1.35 bits per heavy atom. The molecule has 86 heavy (non-hydrogen) atoms. The zero-order valence-corrected chi connectivity index (χ0v) is 53.9. The van der Waals surface area contributed by atoms with E-state index in [1.807, 2.05) is 71.0 Å². The predicted octanol–water partition coefficient (Wildman–Crippen LogP) is 2.80. The largest absolute Gasteiger partial charge is 0.464 e. The Bertz CT molecular complexity index is 2270. The Morgan fingerprint density at radius 1 is 0.791 bits per heavy atom. The van der Waals surface area contributed by atoms with E-state index in [0.717, 1.165) is 50.2 Å². The number of aliphatic hydroxyl groups is 5. The average Bonchev–Trinajstić information content (AvgIpc) is 4.39. The lowest BCUT2D eigenvalue weighted by atomic mass is 10.0. The van der Waals surface area contributed by atoms with Gasteiger partial charge < -0.3 is 93.4 Å². The molecule has 26 heteroatoms. The number of aldehydes is 2. The number of aliphatic hydroxyl groups excluding tert-OH is 5. The van der Waals surface area contributed by atoms with Gasteiger partial charge in [-0.25, -0.2) is 14.4 Å². The van der Waals surface area contributed by atoms with E-state index in [9.17, 15) is 38.4 Å². The Hall–Kier alpha value is -5.78. The molecule has 6 rings (SSSR count). The molecule has 10 atom stereocenters. The van der Waals surface area contributed by atoms with E-state index in [4.69, 9.17) is 63.7 Å². The van der Waals surface area contributed by atoms with Crippen molar-refractivity contribution >= 4 is 70.9 Å². The molecule has 0 aromatic heterocycles. The highest BCUT2D eigenvalue weighted by molar-refractivity contribution is 8.93. The number of nitrogens with zero attached hydrogens (tertiary/aromatic N) is 1. The highest BCUT2D eigenvalue weighted by Gasteiger charge is 2.32. The predicted molar refractivity (Wildman–Crippen MR) is 333 cm³/mol. The Morgan fingerprint density at radius 3 is 1.74 bits per heavy atom. The number of benzene rings is 2. The summed E-state index contributed by atoms with van der Waals surface area (Å²) in [7, 11) is 0. The summed E-state index contributed by atoms with van der Waals surface area (Å²) in [6.45, 7) is 20.8. The number of hydrogen-bond donors (Lipinski definition) is 12. The van der Waals surface area contributed by atoms with Crippen molar-refractivity contribution in [3.63, 3.8) is 0 Å². The van der Waals surface area contributed by atoms with Crippen LogP contribution < -0.4 is 39.3 Å². The number of halogens is 1. The molecule has 4 aliphatic rings. The van der Waals surface area contributed by atoms with E-state index in [2.05, 4.69) is 44.4 Å². The van der Waals surface area contributed by atoms with Gasteiger partial charge in [0.05, 0.1) is 63.7 Å². The summed E-state index contributed by atoms with van der Waals surface area (Å²) in [6.07, 6.45) is 7.35. The van der Waals surface area contributed by atoms with Crippen molar-refractivity contribution in [1.82, 2.24) is 15.5 Å². The van der Waals surface area contributed by atoms with Gasteiger partial charge in [-0.3, -0.25) is 19.3 Å². The maximum absolute atomic E-state index is 11.6. The first-order chi connectivity index (χ1) is 39.7. The first kappa shape index (κ1) is 84.4. The second-order valence-corrected chi connectivity index (χ2v) is 22.5. The molecule has 2 aromatic carbocycles. The molecule has 3 amide bonds. The number of likely N-dealkylation sites (tertiary alicyclic amines) is 1. The molecule has 2 aromatic rings. The maximum Gasteiger partial charge on any atom is 0.410 e. The quantitative estimate of drug-likeness (QED) is 0.0378. The molecule has 0 spiro atoms. The van der Waals surface area contributed by atoms with Crippen molar-refractivity contribution in [1.29, 1.82) is 0 Å². The van der Waals surface area contributed by atoms with E-state index in [1.54, 1.807) is 34.6 Å². The third-order valence-electron chi connectivity index (χ3n) is 11.9. The number of allylic oxidation sites excluding steroid dienone is 1. The van der Waals surface area contributed by atoms with Crippen molar-refractivity contribution in [2.75, 3.05) is 39.6 Å². The van der Waals surface area contributed by atoms with E-state index >= 15 is 0 Å². The summed E-state index contributed by atoms with van der Waals surface area (Å²) >= 11 is 0. The normalized spacial score (nSPS) is 18.5. The maximum atomic E-state index is 11.6. The lowest BCUT2D eigenvalue weighted by Gasteiger charge is -2.26. The molecule has 3 saturated heterocycles. The van der Waals surface area contributed by atoms with Gasteiger partial charge in [-0.1, -0.05) is 74.5 Å². The zero-order valence-electron chi connectivity index (χ0n) is 52.2. The first-order valence-electron chi connectivity index (χ1n) is 28.5. The average molecular weight is 1290 g/mol. The summed E-state index contributed by atoms with van der Waals surface area (Å²) in [5.74, 6) is -1.09. The molecule has 1 unspecified atom stereocenters. The number of carbonyl (C=O) groups is 8. The fourth-order valence-corrected chi connectivity index (χ4v) is 6.84. The van der Waals surface area contributed by atoms with Gasteiger partial charge in [0.25, 0.3) is 0 Å². The molecule has 3 fully saturated rings. The van der Waals surface area contributed by atoms with Gasteiger partial charge in [-0.05, 0) is 129 Å². The van der Waals surface area contributed by atoms with Crippen LogP contribution in [0.5, 0.6) is 0 Å². The molecule has 17 N–H and O–H groups in total. The number of cyclic esters (lactones) is 2. The van der Waals surface area contributed by atoms with Crippen LogP contribution >= 0.6 is 17.0 Å². The fourth-order valence-electron chi connectivity index (χ4n) is 6.84. The number of Topliss-reactive ketones (excluding diaryl/α,β-unsaturated/α-hetero) is 1. The third kappa shape index (κ3) is 41.3. The molecular weight excluding hydrogens is 1180 g/mol. The summed E-state index contributed by atoms with van der Waals surface area (Å²) in [4.78, 5) is 88.8. The highest BCUT2D eigenvalue weighted by Crippen LogP contribution is 2.30. The number of rotatable bonds is 16. The number of ketones is 1. The lowest BCUT2D eigenvalue weighted by molar-refractivity contribution is -0.141. The highest BCUT2D eigenvalue weighted by atomic mass is 79.9. The molecule has 3 aliphatic heterocycles. The number of alkyl carbamates (subject to hydrolysis) is 1. The van der Waals surface area contributed by atoms with Crippen LogP contribution in [0.1, 0.15) is 138 Å². The summed E-state index contributed by atoms with van der Waals surface area (Å²) < 4.78 is 19.4. The van der Waals surface area contributed by atoms with Crippen LogP contribution in [0.4, 0.5) is 9.59 Å². The standard InChI is InChI=1S/C14H19NO3.C12H15NO.C10H17NO3.C8H11NO4.C5H13NO.C4H7NO2.C4H11NO2.C3H9NO.BrH/c1-14(2,3)18-13(17)15-12(10-16)9-11-7-5-4-6-8-11;13-11(8-14)7-10-6-5-9-3-1-2-4-12(9)10;1-10(2,3)14-9(13)11-6-4-5-8(11)7-12;1-5(10)4-7(11)9-6-2-3-13-8(6)12;1-3-4(2)5(6)7;5-3-1-2-7-4(3)6;1-3(7)4(5)2-6;1-3(4)2-5;/h4-8,10,12H,9H2,1-3H3,(H,15,17);1-4,6,11,14H,5,7-8,13H2;7-8H,4-6H2,1-3H3;6H,2-4H2,1H3,(H,9,11);4-5,7H,3,6H2,1-2H3;3H,1-2,5H2;3-4,6-7H,2,5H2,1H3;3,5H,2,4H2,1H3;1H/t12-;11-;8-;6-;4-,5+;;3-,4-;3-;/m10100.10./s1. The number of ether oxygens (including phenoxy) is 4. The van der Waals surface area contributed by atoms with Crippen LogP contribution in [-0.2, 0) is 60.6 Å². The number of carbonyl (C=O) groups excluding carboxylic acids is 8. The summed E-state index contributed by atoms with van der Waals surface area (Å²) in [5.41, 5.74) is 30.1. The van der Waals surface area contributed by atoms with Gasteiger partial charge in [0.1, 0.15) is 47.9 Å². The fraction of sp³-hybridized carbons (Fsp3) is 0.633.